The average Bonchev–Trinajstić information content (AvgIpc) is 4.09. The van der Waals surface area contributed by atoms with E-state index in [9.17, 15) is 28.8 Å². The van der Waals surface area contributed by atoms with Gasteiger partial charge in [0.15, 0.2) is 0 Å². The van der Waals surface area contributed by atoms with E-state index in [-0.39, 0.29) is 84.8 Å². The van der Waals surface area contributed by atoms with E-state index in [1.165, 1.54) is 78.8 Å². The lowest BCUT2D eigenvalue weighted by Crippen LogP contribution is -2.25. The summed E-state index contributed by atoms with van der Waals surface area (Å²) in [6.45, 7) is 19.1. The molecule has 0 N–H and O–H groups in total. The molecular weight excluding hydrogens is 929 g/mol. The van der Waals surface area contributed by atoms with Crippen LogP contribution in [0.25, 0.3) is 0 Å². The molecule has 0 saturated heterocycles. The first-order valence-corrected chi connectivity index (χ1v) is 26.7. The molecule has 0 aromatic rings. The maximum absolute atomic E-state index is 12.3. The molecule has 6 rings (SSSR count). The predicted molar refractivity (Wildman–Crippen MR) is 272 cm³/mol. The molecule has 6 aliphatic carbocycles. The summed E-state index contributed by atoms with van der Waals surface area (Å²) < 4.78 is 51.1. The molecule has 4 unspecified atom stereocenters. The zero-order chi connectivity index (χ0) is 54.1. The van der Waals surface area contributed by atoms with Crippen molar-refractivity contribution in [2.45, 2.75) is 227 Å². The number of rotatable bonds is 26. The van der Waals surface area contributed by atoms with E-state index < -0.39 is 5.97 Å². The summed E-state index contributed by atoms with van der Waals surface area (Å²) in [4.78, 5) is 68.4. The number of hydrogen-bond acceptors (Lipinski definition) is 16. The number of carbonyl (C=O) groups excluding carboxylic acids is 6. The first-order valence-electron chi connectivity index (χ1n) is 26.7. The Morgan fingerprint density at radius 3 is 1.06 bits per heavy atom. The summed E-state index contributed by atoms with van der Waals surface area (Å²) in [6.07, 6.45) is 19.2. The van der Waals surface area contributed by atoms with Gasteiger partial charge in [-0.05, 0) is 187 Å². The van der Waals surface area contributed by atoms with Crippen LogP contribution in [0.2, 0.25) is 0 Å². The van der Waals surface area contributed by atoms with Gasteiger partial charge in [0.1, 0.15) is 0 Å². The first kappa shape index (κ1) is 64.3. The van der Waals surface area contributed by atoms with Gasteiger partial charge in [-0.25, -0.2) is 9.59 Å². The Morgan fingerprint density at radius 2 is 0.764 bits per heavy atom. The highest BCUT2D eigenvalue weighted by Crippen LogP contribution is 2.43. The molecule has 0 spiro atoms. The van der Waals surface area contributed by atoms with E-state index in [1.54, 1.807) is 14.2 Å². The molecule has 0 bridgehead atoms. The van der Waals surface area contributed by atoms with E-state index in [2.05, 4.69) is 9.47 Å². The van der Waals surface area contributed by atoms with Crippen LogP contribution in [0.1, 0.15) is 172 Å². The third kappa shape index (κ3) is 30.4. The molecule has 16 heteroatoms. The summed E-state index contributed by atoms with van der Waals surface area (Å²) >= 11 is 0. The molecule has 414 valence electrons. The van der Waals surface area contributed by atoms with E-state index in [0.29, 0.717) is 66.8 Å². The lowest BCUT2D eigenvalue weighted by atomic mass is 9.99. The highest BCUT2D eigenvalue weighted by atomic mass is 16.6. The monoisotopic (exact) mass is 1020 g/mol. The molecule has 0 amide bonds. The maximum Gasteiger partial charge on any atom is 0.338 e. The van der Waals surface area contributed by atoms with Crippen LogP contribution in [-0.2, 0) is 76.1 Å². The molecule has 0 aromatic carbocycles. The Balaban J connectivity index is 0.000000313. The van der Waals surface area contributed by atoms with Crippen LogP contribution in [-0.4, -0.2) is 126 Å². The highest BCUT2D eigenvalue weighted by Gasteiger charge is 2.37. The average molecular weight is 1020 g/mol. The van der Waals surface area contributed by atoms with Crippen LogP contribution >= 0.6 is 0 Å². The van der Waals surface area contributed by atoms with Crippen LogP contribution in [0.3, 0.4) is 0 Å². The summed E-state index contributed by atoms with van der Waals surface area (Å²) in [5, 5.41) is 0. The van der Waals surface area contributed by atoms with Crippen molar-refractivity contribution in [3.8, 4) is 0 Å². The van der Waals surface area contributed by atoms with E-state index in [1.807, 2.05) is 75.3 Å². The zero-order valence-corrected chi connectivity index (χ0v) is 46.7. The third-order valence-electron chi connectivity index (χ3n) is 12.1. The maximum atomic E-state index is 12.3. The Hall–Kier alpha value is -3.86. The lowest BCUT2D eigenvalue weighted by molar-refractivity contribution is -0.152. The van der Waals surface area contributed by atoms with Crippen LogP contribution in [0.4, 0.5) is 0 Å². The number of esters is 6. The van der Waals surface area contributed by atoms with Crippen LogP contribution < -0.4 is 0 Å². The fourth-order valence-electron chi connectivity index (χ4n) is 7.61. The molecule has 16 nitrogen and oxygen atoms in total. The van der Waals surface area contributed by atoms with Crippen molar-refractivity contribution in [3.05, 3.63) is 23.3 Å². The first-order chi connectivity index (χ1) is 34.0. The molecule has 6 aliphatic rings. The van der Waals surface area contributed by atoms with Crippen molar-refractivity contribution in [3.63, 3.8) is 0 Å². The van der Waals surface area contributed by atoms with E-state index in [0.717, 1.165) is 31.3 Å². The van der Waals surface area contributed by atoms with Gasteiger partial charge in [-0.1, -0.05) is 6.08 Å². The van der Waals surface area contributed by atoms with Crippen molar-refractivity contribution < 1.29 is 76.1 Å². The molecule has 4 atom stereocenters. The van der Waals surface area contributed by atoms with Crippen LogP contribution in [0.15, 0.2) is 23.3 Å². The Kier molecular flexibility index (Phi) is 30.2. The zero-order valence-electron chi connectivity index (χ0n) is 46.7. The Bertz CT molecular complexity index is 1690. The molecule has 0 aromatic heterocycles. The smallest absolute Gasteiger partial charge is 0.338 e. The molecule has 0 heterocycles. The van der Waals surface area contributed by atoms with Gasteiger partial charge in [-0.15, -0.1) is 0 Å². The van der Waals surface area contributed by atoms with Crippen molar-refractivity contribution in [1.29, 1.82) is 0 Å². The molecule has 0 radical (unpaired) electrons. The van der Waals surface area contributed by atoms with Crippen molar-refractivity contribution in [1.82, 2.24) is 0 Å². The number of allylic oxidation sites excluding steroid dienone is 1. The fraction of sp³-hybridized carbons (Fsp3) is 0.821. The molecule has 72 heavy (non-hydrogen) atoms. The molecular formula is C56H94O16. The van der Waals surface area contributed by atoms with Gasteiger partial charge >= 0.3 is 35.8 Å². The summed E-state index contributed by atoms with van der Waals surface area (Å²) in [5.41, 5.74) is 1.35. The highest BCUT2D eigenvalue weighted by molar-refractivity contribution is 5.97. The van der Waals surface area contributed by atoms with Gasteiger partial charge in [-0.3, -0.25) is 19.2 Å². The van der Waals surface area contributed by atoms with E-state index >= 15 is 0 Å². The number of hydrogen-bond donors (Lipinski definition) is 0. The minimum atomic E-state index is -0.411. The number of carbonyl (C=O) groups is 6. The second kappa shape index (κ2) is 33.9. The van der Waals surface area contributed by atoms with Crippen molar-refractivity contribution in [2.75, 3.05) is 35.5 Å². The van der Waals surface area contributed by atoms with Crippen molar-refractivity contribution in [2.24, 2.45) is 35.5 Å². The largest absolute Gasteiger partial charge is 0.469 e. The SMILES string of the molecule is CC(C)OC(=O)CC(OC(C)C)C1CC1.COC(=O)C=C(C(=CC1CC1)C(=O)OC(C)C)C1CC1.COC(=O)CC(OC(C)C)C1CC1.COC(=O)CC(OC)C1CC1.COC(CC(=O)OC(C)C)C1CC1. The second-order valence-electron chi connectivity index (χ2n) is 21.2. The van der Waals surface area contributed by atoms with Gasteiger partial charge in [-0.2, -0.15) is 0 Å². The van der Waals surface area contributed by atoms with Gasteiger partial charge in [0.05, 0.1) is 108 Å². The number of ether oxygens (including phenoxy) is 10. The third-order valence-corrected chi connectivity index (χ3v) is 12.1. The molecule has 0 aliphatic heterocycles. The lowest BCUT2D eigenvalue weighted by Gasteiger charge is -2.19. The fourth-order valence-corrected chi connectivity index (χ4v) is 7.61. The van der Waals surface area contributed by atoms with E-state index in [4.69, 9.17) is 37.9 Å². The minimum absolute atomic E-state index is 0.0239. The Morgan fingerprint density at radius 1 is 0.417 bits per heavy atom. The quantitative estimate of drug-likeness (QED) is 0.0343. The molecule has 6 saturated carbocycles. The van der Waals surface area contributed by atoms with Crippen LogP contribution in [0, 0.1) is 35.5 Å². The van der Waals surface area contributed by atoms with Gasteiger partial charge in [0, 0.05) is 20.3 Å². The summed E-state index contributed by atoms with van der Waals surface area (Å²) in [6, 6.07) is 0. The van der Waals surface area contributed by atoms with Gasteiger partial charge < -0.3 is 47.4 Å². The van der Waals surface area contributed by atoms with Gasteiger partial charge in [0.25, 0.3) is 0 Å². The standard InChI is InChI=1S/C16H22O4.C12H22O3.2C10H18O3.C8H14O3/c1-10(2)20-16(18)14(8-11-4-5-11)13(12-6-7-12)9-15(17)19-3;1-8(2)14-11(10-5-6-10)7-12(13)15-9(3)4;1-7(2)13-9(8-4-5-8)6-10(11)12-3;1-7(2)13-10(11)6-9(12-3)8-4-5-8;1-10-7(6-3-4-6)5-8(9)11-2/h8-12H,4-7H2,1-3H3;8-11H,5-7H2,1-4H3;2*7-9H,4-6H2,1-3H3;6-7H,3-5H2,1-2H3. The summed E-state index contributed by atoms with van der Waals surface area (Å²) in [5.74, 6) is 1.72. The van der Waals surface area contributed by atoms with Crippen LogP contribution in [0.5, 0.6) is 0 Å². The molecule has 6 fully saturated rings. The summed E-state index contributed by atoms with van der Waals surface area (Å²) in [7, 11) is 7.47. The predicted octanol–water partition coefficient (Wildman–Crippen LogP) is 9.80. The van der Waals surface area contributed by atoms with Gasteiger partial charge in [0.2, 0.25) is 0 Å². The topological polar surface area (TPSA) is 195 Å². The Labute approximate surface area is 432 Å². The normalized spacial score (nSPS) is 19.1. The number of methoxy groups -OCH3 is 5. The van der Waals surface area contributed by atoms with Crippen molar-refractivity contribution >= 4 is 35.8 Å². The minimum Gasteiger partial charge on any atom is -0.469 e. The second-order valence-corrected chi connectivity index (χ2v) is 21.2.